The van der Waals surface area contributed by atoms with Gasteiger partial charge in [-0.25, -0.2) is 10.3 Å². The second-order valence-corrected chi connectivity index (χ2v) is 2.66. The van der Waals surface area contributed by atoms with Crippen LogP contribution in [-0.2, 0) is 4.84 Å². The van der Waals surface area contributed by atoms with Gasteiger partial charge in [0, 0.05) is 18.6 Å². The first-order valence-corrected chi connectivity index (χ1v) is 4.00. The molecular formula is C9H12FNO2. The van der Waals surface area contributed by atoms with Crippen LogP contribution >= 0.6 is 0 Å². The third-order valence-corrected chi connectivity index (χ3v) is 1.81. The molecule has 1 rings (SSSR count). The van der Waals surface area contributed by atoms with Gasteiger partial charge >= 0.3 is 0 Å². The molecule has 3 N–H and O–H groups in total. The van der Waals surface area contributed by atoms with Crippen molar-refractivity contribution in [2.24, 2.45) is 5.90 Å². The molecule has 1 unspecified atom stereocenters. The van der Waals surface area contributed by atoms with Crippen molar-refractivity contribution in [3.63, 3.8) is 0 Å². The topological polar surface area (TPSA) is 55.5 Å². The second kappa shape index (κ2) is 4.91. The van der Waals surface area contributed by atoms with Crippen molar-refractivity contribution < 1.29 is 14.3 Å². The zero-order chi connectivity index (χ0) is 9.68. The van der Waals surface area contributed by atoms with E-state index in [4.69, 9.17) is 11.0 Å². The zero-order valence-electron chi connectivity index (χ0n) is 7.11. The minimum Gasteiger partial charge on any atom is -0.396 e. The van der Waals surface area contributed by atoms with Gasteiger partial charge < -0.3 is 5.11 Å². The highest BCUT2D eigenvalue weighted by Crippen LogP contribution is 2.21. The third kappa shape index (κ3) is 2.48. The van der Waals surface area contributed by atoms with Crippen LogP contribution in [0.1, 0.15) is 18.1 Å². The zero-order valence-corrected chi connectivity index (χ0v) is 7.11. The van der Waals surface area contributed by atoms with Gasteiger partial charge in [0.25, 0.3) is 0 Å². The van der Waals surface area contributed by atoms with Gasteiger partial charge in [0.2, 0.25) is 0 Å². The maximum atomic E-state index is 13.1. The average molecular weight is 185 g/mol. The maximum Gasteiger partial charge on any atom is 0.129 e. The van der Waals surface area contributed by atoms with Crippen molar-refractivity contribution in [1.82, 2.24) is 0 Å². The first-order chi connectivity index (χ1) is 6.29. The van der Waals surface area contributed by atoms with E-state index in [1.165, 1.54) is 6.07 Å². The molecule has 72 valence electrons. The van der Waals surface area contributed by atoms with Gasteiger partial charge in [-0.3, -0.25) is 4.84 Å². The van der Waals surface area contributed by atoms with Crippen LogP contribution in [-0.4, -0.2) is 11.7 Å². The summed E-state index contributed by atoms with van der Waals surface area (Å²) in [4.78, 5) is 4.56. The molecule has 1 aromatic rings. The van der Waals surface area contributed by atoms with Crippen LogP contribution < -0.4 is 5.90 Å². The highest BCUT2D eigenvalue weighted by molar-refractivity contribution is 5.19. The Kier molecular flexibility index (Phi) is 3.82. The molecule has 0 heterocycles. The lowest BCUT2D eigenvalue weighted by molar-refractivity contribution is 0.0319. The van der Waals surface area contributed by atoms with Gasteiger partial charge in [-0.15, -0.1) is 0 Å². The first kappa shape index (κ1) is 10.1. The summed E-state index contributed by atoms with van der Waals surface area (Å²) >= 11 is 0. The Balaban J connectivity index is 2.84. The van der Waals surface area contributed by atoms with Crippen molar-refractivity contribution in [1.29, 1.82) is 0 Å². The quantitative estimate of drug-likeness (QED) is 0.691. The van der Waals surface area contributed by atoms with Crippen LogP contribution in [0.25, 0.3) is 0 Å². The first-order valence-electron chi connectivity index (χ1n) is 4.00. The predicted molar refractivity (Wildman–Crippen MR) is 46.1 cm³/mol. The number of benzene rings is 1. The van der Waals surface area contributed by atoms with E-state index in [1.54, 1.807) is 18.2 Å². The Morgan fingerprint density at radius 2 is 2.15 bits per heavy atom. The summed E-state index contributed by atoms with van der Waals surface area (Å²) in [7, 11) is 0. The number of nitrogens with two attached hydrogens (primary N) is 1. The summed E-state index contributed by atoms with van der Waals surface area (Å²) in [5.41, 5.74) is 0.374. The second-order valence-electron chi connectivity index (χ2n) is 2.66. The number of aliphatic hydroxyl groups is 1. The van der Waals surface area contributed by atoms with Crippen LogP contribution in [0.15, 0.2) is 24.3 Å². The predicted octanol–water partition coefficient (Wildman–Crippen LogP) is 1.14. The summed E-state index contributed by atoms with van der Waals surface area (Å²) in [5.74, 6) is 4.61. The van der Waals surface area contributed by atoms with E-state index in [0.29, 0.717) is 5.56 Å². The highest BCUT2D eigenvalue weighted by atomic mass is 19.1. The van der Waals surface area contributed by atoms with Gasteiger partial charge in [0.1, 0.15) is 11.9 Å². The van der Waals surface area contributed by atoms with E-state index >= 15 is 0 Å². The van der Waals surface area contributed by atoms with Gasteiger partial charge in [0.15, 0.2) is 0 Å². The van der Waals surface area contributed by atoms with E-state index < -0.39 is 6.10 Å². The van der Waals surface area contributed by atoms with E-state index in [0.717, 1.165) is 0 Å². The van der Waals surface area contributed by atoms with Crippen LogP contribution in [0, 0.1) is 5.82 Å². The number of aliphatic hydroxyl groups excluding tert-OH is 1. The smallest absolute Gasteiger partial charge is 0.129 e. The van der Waals surface area contributed by atoms with Gasteiger partial charge in [0.05, 0.1) is 0 Å². The number of hydrogen-bond donors (Lipinski definition) is 2. The minimum atomic E-state index is -0.578. The number of halogens is 1. The summed E-state index contributed by atoms with van der Waals surface area (Å²) < 4.78 is 13.1. The molecule has 0 aliphatic rings. The molecule has 0 aliphatic heterocycles. The Hall–Kier alpha value is -0.970. The summed E-state index contributed by atoms with van der Waals surface area (Å²) in [6.45, 7) is -0.0871. The lowest BCUT2D eigenvalue weighted by Crippen LogP contribution is -2.12. The molecule has 3 nitrogen and oxygen atoms in total. The van der Waals surface area contributed by atoms with Crippen LogP contribution in [0.3, 0.4) is 0 Å². The van der Waals surface area contributed by atoms with E-state index in [9.17, 15) is 4.39 Å². The molecule has 0 saturated heterocycles. The standard InChI is InChI=1S/C9H12FNO2/c10-8-4-2-1-3-7(8)9(13-11)5-6-12/h1-4,9,12H,5-6,11H2. The van der Waals surface area contributed by atoms with Crippen molar-refractivity contribution in [3.05, 3.63) is 35.6 Å². The monoisotopic (exact) mass is 185 g/mol. The van der Waals surface area contributed by atoms with Gasteiger partial charge in [-0.2, -0.15) is 0 Å². The molecule has 1 aromatic carbocycles. The van der Waals surface area contributed by atoms with Gasteiger partial charge in [-0.05, 0) is 6.07 Å². The number of rotatable bonds is 4. The average Bonchev–Trinajstić information content (AvgIpc) is 2.16. The Labute approximate surface area is 75.9 Å². The van der Waals surface area contributed by atoms with Crippen molar-refractivity contribution in [2.45, 2.75) is 12.5 Å². The molecule has 0 radical (unpaired) electrons. The molecule has 1 atom stereocenters. The molecular weight excluding hydrogens is 173 g/mol. The maximum absolute atomic E-state index is 13.1. The number of hydrogen-bond acceptors (Lipinski definition) is 3. The molecule has 0 aromatic heterocycles. The molecule has 4 heteroatoms. The van der Waals surface area contributed by atoms with Crippen LogP contribution in [0.2, 0.25) is 0 Å². The molecule has 0 bridgehead atoms. The van der Waals surface area contributed by atoms with E-state index in [2.05, 4.69) is 4.84 Å². The minimum absolute atomic E-state index is 0.0871. The molecule has 0 fully saturated rings. The fourth-order valence-corrected chi connectivity index (χ4v) is 1.15. The summed E-state index contributed by atoms with van der Waals surface area (Å²) in [6, 6.07) is 6.20. The molecule has 0 aliphatic carbocycles. The van der Waals surface area contributed by atoms with E-state index in [1.807, 2.05) is 0 Å². The molecule has 13 heavy (non-hydrogen) atoms. The molecule has 0 amide bonds. The van der Waals surface area contributed by atoms with Crippen molar-refractivity contribution in [2.75, 3.05) is 6.61 Å². The Morgan fingerprint density at radius 3 is 2.69 bits per heavy atom. The summed E-state index contributed by atoms with van der Waals surface area (Å²) in [5, 5.41) is 8.66. The third-order valence-electron chi connectivity index (χ3n) is 1.81. The van der Waals surface area contributed by atoms with Crippen LogP contribution in [0.5, 0.6) is 0 Å². The normalized spacial score (nSPS) is 12.8. The molecule has 0 saturated carbocycles. The fraction of sp³-hybridized carbons (Fsp3) is 0.333. The lowest BCUT2D eigenvalue weighted by Gasteiger charge is -2.13. The highest BCUT2D eigenvalue weighted by Gasteiger charge is 2.14. The van der Waals surface area contributed by atoms with E-state index in [-0.39, 0.29) is 18.8 Å². The lowest BCUT2D eigenvalue weighted by atomic mass is 10.1. The van der Waals surface area contributed by atoms with Gasteiger partial charge in [-0.1, -0.05) is 18.2 Å². The molecule has 0 spiro atoms. The fourth-order valence-electron chi connectivity index (χ4n) is 1.15. The Bertz CT molecular complexity index is 268. The largest absolute Gasteiger partial charge is 0.396 e. The SMILES string of the molecule is NOC(CCO)c1ccccc1F. The van der Waals surface area contributed by atoms with Crippen molar-refractivity contribution >= 4 is 0 Å². The summed E-state index contributed by atoms with van der Waals surface area (Å²) in [6.07, 6.45) is -0.288. The Morgan fingerprint density at radius 1 is 1.46 bits per heavy atom. The van der Waals surface area contributed by atoms with Crippen LogP contribution in [0.4, 0.5) is 4.39 Å². The van der Waals surface area contributed by atoms with Crippen molar-refractivity contribution in [3.8, 4) is 0 Å².